The summed E-state index contributed by atoms with van der Waals surface area (Å²) in [5, 5.41) is 2.90. The highest BCUT2D eigenvalue weighted by atomic mass is 35.5. The summed E-state index contributed by atoms with van der Waals surface area (Å²) in [6.45, 7) is 5.49. The highest BCUT2D eigenvalue weighted by Crippen LogP contribution is 2.36. The minimum atomic E-state index is -4.43. The van der Waals surface area contributed by atoms with Crippen LogP contribution in [0.3, 0.4) is 0 Å². The maximum Gasteiger partial charge on any atom is 0.418 e. The van der Waals surface area contributed by atoms with Gasteiger partial charge in [0.1, 0.15) is 0 Å². The molecule has 1 atom stereocenters. The standard InChI is InChI=1S/C14H18ClF3N2O/c1-2-20-5-6-21-11(9-20)8-19-13-4-3-10(15)7-12(13)14(16,17)18/h3-4,7,11,19H,2,5-6,8-9H2,1H3. The first kappa shape index (κ1) is 16.4. The van der Waals surface area contributed by atoms with Gasteiger partial charge in [-0.1, -0.05) is 18.5 Å². The van der Waals surface area contributed by atoms with Crippen LogP contribution in [-0.2, 0) is 10.9 Å². The fourth-order valence-corrected chi connectivity index (χ4v) is 2.49. The van der Waals surface area contributed by atoms with E-state index >= 15 is 0 Å². The topological polar surface area (TPSA) is 24.5 Å². The minimum absolute atomic E-state index is 0.0316. The minimum Gasteiger partial charge on any atom is -0.382 e. The van der Waals surface area contributed by atoms with Gasteiger partial charge < -0.3 is 10.1 Å². The smallest absolute Gasteiger partial charge is 0.382 e. The summed E-state index contributed by atoms with van der Waals surface area (Å²) in [6.07, 6.45) is -4.55. The number of nitrogens with one attached hydrogen (secondary N) is 1. The molecule has 0 aromatic heterocycles. The number of alkyl halides is 3. The van der Waals surface area contributed by atoms with E-state index < -0.39 is 11.7 Å². The zero-order chi connectivity index (χ0) is 15.5. The Morgan fingerprint density at radius 2 is 2.19 bits per heavy atom. The number of likely N-dealkylation sites (N-methyl/N-ethyl adjacent to an activating group) is 1. The highest BCUT2D eigenvalue weighted by Gasteiger charge is 2.34. The van der Waals surface area contributed by atoms with Gasteiger partial charge in [0, 0.05) is 30.3 Å². The van der Waals surface area contributed by atoms with Crippen molar-refractivity contribution in [3.8, 4) is 0 Å². The Labute approximate surface area is 127 Å². The first-order valence-corrected chi connectivity index (χ1v) is 7.22. The van der Waals surface area contributed by atoms with Crippen LogP contribution in [0.25, 0.3) is 0 Å². The van der Waals surface area contributed by atoms with Gasteiger partial charge in [-0.15, -0.1) is 0 Å². The predicted octanol–water partition coefficient (Wildman–Crippen LogP) is 3.49. The molecule has 118 valence electrons. The lowest BCUT2D eigenvalue weighted by Crippen LogP contribution is -2.45. The molecule has 21 heavy (non-hydrogen) atoms. The van der Waals surface area contributed by atoms with E-state index in [0.29, 0.717) is 13.2 Å². The summed E-state index contributed by atoms with van der Waals surface area (Å²) in [5.74, 6) is 0. The zero-order valence-electron chi connectivity index (χ0n) is 11.7. The first-order chi connectivity index (χ1) is 9.90. The van der Waals surface area contributed by atoms with E-state index in [2.05, 4.69) is 17.1 Å². The van der Waals surface area contributed by atoms with Gasteiger partial charge in [0.2, 0.25) is 0 Å². The molecule has 1 aliphatic rings. The van der Waals surface area contributed by atoms with Crippen molar-refractivity contribution in [1.29, 1.82) is 0 Å². The molecule has 3 nitrogen and oxygen atoms in total. The van der Waals surface area contributed by atoms with Crippen LogP contribution in [0, 0.1) is 0 Å². The van der Waals surface area contributed by atoms with E-state index in [4.69, 9.17) is 16.3 Å². The van der Waals surface area contributed by atoms with Crippen LogP contribution in [0.1, 0.15) is 12.5 Å². The Morgan fingerprint density at radius 1 is 1.43 bits per heavy atom. The monoisotopic (exact) mass is 322 g/mol. The molecule has 0 radical (unpaired) electrons. The molecule has 1 saturated heterocycles. The zero-order valence-corrected chi connectivity index (χ0v) is 12.5. The van der Waals surface area contributed by atoms with E-state index in [1.165, 1.54) is 12.1 Å². The number of ether oxygens (including phenoxy) is 1. The van der Waals surface area contributed by atoms with E-state index in [1.807, 2.05) is 0 Å². The molecule has 1 aromatic carbocycles. The molecular formula is C14H18ClF3N2O. The van der Waals surface area contributed by atoms with Gasteiger partial charge in [-0.05, 0) is 24.7 Å². The van der Waals surface area contributed by atoms with E-state index in [9.17, 15) is 13.2 Å². The number of morpholine rings is 1. The van der Waals surface area contributed by atoms with Crippen molar-refractivity contribution in [3.63, 3.8) is 0 Å². The third kappa shape index (κ3) is 4.49. The summed E-state index contributed by atoms with van der Waals surface area (Å²) in [7, 11) is 0. The second-order valence-corrected chi connectivity index (χ2v) is 5.39. The molecule has 7 heteroatoms. The van der Waals surface area contributed by atoms with Gasteiger partial charge in [-0.3, -0.25) is 4.90 Å². The molecule has 1 N–H and O–H groups in total. The van der Waals surface area contributed by atoms with Crippen molar-refractivity contribution < 1.29 is 17.9 Å². The van der Waals surface area contributed by atoms with Crippen LogP contribution in [0.15, 0.2) is 18.2 Å². The van der Waals surface area contributed by atoms with Gasteiger partial charge >= 0.3 is 6.18 Å². The Bertz CT molecular complexity index is 482. The van der Waals surface area contributed by atoms with Crippen LogP contribution >= 0.6 is 11.6 Å². The lowest BCUT2D eigenvalue weighted by atomic mass is 10.1. The van der Waals surface area contributed by atoms with Gasteiger partial charge in [0.15, 0.2) is 0 Å². The molecule has 1 fully saturated rings. The van der Waals surface area contributed by atoms with E-state index in [-0.39, 0.29) is 16.8 Å². The van der Waals surface area contributed by atoms with Crippen molar-refractivity contribution in [2.75, 3.05) is 38.1 Å². The van der Waals surface area contributed by atoms with Crippen molar-refractivity contribution in [2.45, 2.75) is 19.2 Å². The fourth-order valence-electron chi connectivity index (χ4n) is 2.32. The lowest BCUT2D eigenvalue weighted by molar-refractivity contribution is -0.137. The fraction of sp³-hybridized carbons (Fsp3) is 0.571. The molecule has 1 aliphatic heterocycles. The van der Waals surface area contributed by atoms with Gasteiger partial charge in [0.25, 0.3) is 0 Å². The second-order valence-electron chi connectivity index (χ2n) is 4.95. The molecule has 0 amide bonds. The summed E-state index contributed by atoms with van der Waals surface area (Å²) in [4.78, 5) is 2.21. The molecule has 2 rings (SSSR count). The number of rotatable bonds is 4. The van der Waals surface area contributed by atoms with Crippen LogP contribution in [-0.4, -0.2) is 43.8 Å². The van der Waals surface area contributed by atoms with Crippen LogP contribution in [0.4, 0.5) is 18.9 Å². The molecule has 0 spiro atoms. The average molecular weight is 323 g/mol. The number of benzene rings is 1. The summed E-state index contributed by atoms with van der Waals surface area (Å²) < 4.78 is 44.5. The quantitative estimate of drug-likeness (QED) is 0.918. The van der Waals surface area contributed by atoms with Crippen molar-refractivity contribution in [1.82, 2.24) is 4.90 Å². The molecule has 0 aliphatic carbocycles. The first-order valence-electron chi connectivity index (χ1n) is 6.84. The SMILES string of the molecule is CCN1CCOC(CNc2ccc(Cl)cc2C(F)(F)F)C1. The maximum absolute atomic E-state index is 13.0. The Kier molecular flexibility index (Phi) is 5.35. The van der Waals surface area contributed by atoms with E-state index in [1.54, 1.807) is 0 Å². The highest BCUT2D eigenvalue weighted by molar-refractivity contribution is 6.30. The third-order valence-electron chi connectivity index (χ3n) is 3.48. The Balaban J connectivity index is 2.03. The number of hydrogen-bond acceptors (Lipinski definition) is 3. The molecule has 0 saturated carbocycles. The van der Waals surface area contributed by atoms with Crippen LogP contribution in [0.5, 0.6) is 0 Å². The maximum atomic E-state index is 13.0. The summed E-state index contributed by atoms with van der Waals surface area (Å²) in [6, 6.07) is 3.73. The number of hydrogen-bond donors (Lipinski definition) is 1. The summed E-state index contributed by atoms with van der Waals surface area (Å²) >= 11 is 5.65. The lowest BCUT2D eigenvalue weighted by Gasteiger charge is -2.32. The largest absolute Gasteiger partial charge is 0.418 e. The molecule has 1 aromatic rings. The normalized spacial score (nSPS) is 20.5. The average Bonchev–Trinajstić information content (AvgIpc) is 2.45. The second kappa shape index (κ2) is 6.85. The van der Waals surface area contributed by atoms with E-state index in [0.717, 1.165) is 25.7 Å². The van der Waals surface area contributed by atoms with Crippen LogP contribution in [0.2, 0.25) is 5.02 Å². The third-order valence-corrected chi connectivity index (χ3v) is 3.71. The van der Waals surface area contributed by atoms with Crippen LogP contribution < -0.4 is 5.32 Å². The Morgan fingerprint density at radius 3 is 2.86 bits per heavy atom. The molecule has 0 bridgehead atoms. The number of anilines is 1. The molecule has 1 unspecified atom stereocenters. The van der Waals surface area contributed by atoms with Crippen molar-refractivity contribution >= 4 is 17.3 Å². The number of halogens is 4. The number of nitrogens with zero attached hydrogens (tertiary/aromatic N) is 1. The van der Waals surface area contributed by atoms with Gasteiger partial charge in [-0.25, -0.2) is 0 Å². The van der Waals surface area contributed by atoms with Gasteiger partial charge in [-0.2, -0.15) is 13.2 Å². The van der Waals surface area contributed by atoms with Gasteiger partial charge in [0.05, 0.1) is 18.3 Å². The molecular weight excluding hydrogens is 305 g/mol. The molecule has 1 heterocycles. The summed E-state index contributed by atoms with van der Waals surface area (Å²) in [5.41, 5.74) is -0.720. The predicted molar refractivity (Wildman–Crippen MR) is 76.8 cm³/mol. The Hall–Kier alpha value is -0.980. The van der Waals surface area contributed by atoms with Crippen molar-refractivity contribution in [3.05, 3.63) is 28.8 Å². The van der Waals surface area contributed by atoms with Crippen molar-refractivity contribution in [2.24, 2.45) is 0 Å².